The molecule has 1 aromatic heterocycles. The van der Waals surface area contributed by atoms with E-state index in [-0.39, 0.29) is 31.0 Å². The van der Waals surface area contributed by atoms with Crippen LogP contribution in [-0.2, 0) is 4.79 Å². The first-order chi connectivity index (χ1) is 14.1. The van der Waals surface area contributed by atoms with Gasteiger partial charge in [-0.3, -0.25) is 9.59 Å². The quantitative estimate of drug-likeness (QED) is 0.619. The van der Waals surface area contributed by atoms with Gasteiger partial charge in [-0.1, -0.05) is 18.2 Å². The first kappa shape index (κ1) is 23.0. The van der Waals surface area contributed by atoms with Crippen LogP contribution >= 0.6 is 11.6 Å². The lowest BCUT2D eigenvalue weighted by atomic mass is 10.2. The van der Waals surface area contributed by atoms with Crippen molar-refractivity contribution in [3.05, 3.63) is 65.5 Å². The predicted molar refractivity (Wildman–Crippen MR) is 102 cm³/mol. The first-order valence-corrected chi connectivity index (χ1v) is 8.86. The Morgan fingerprint density at radius 1 is 1.13 bits per heavy atom. The molecule has 0 radical (unpaired) electrons. The number of amides is 2. The molecule has 0 aliphatic rings. The minimum atomic E-state index is -4.87. The number of hydrogen-bond acceptors (Lipinski definition) is 5. The fraction of sp³-hybridized carbons (Fsp3) is 0.211. The number of aromatic nitrogens is 1. The number of alkyl halides is 3. The van der Waals surface area contributed by atoms with Gasteiger partial charge in [0.2, 0.25) is 5.88 Å². The third-order valence-corrected chi connectivity index (χ3v) is 3.69. The summed E-state index contributed by atoms with van der Waals surface area (Å²) in [5.41, 5.74) is 0.320. The van der Waals surface area contributed by atoms with E-state index in [0.29, 0.717) is 16.5 Å². The molecule has 30 heavy (non-hydrogen) atoms. The molecule has 0 spiro atoms. The Morgan fingerprint density at radius 3 is 2.43 bits per heavy atom. The lowest BCUT2D eigenvalue weighted by Crippen LogP contribution is -2.31. The molecule has 11 heteroatoms. The normalized spacial score (nSPS) is 10.8. The molecule has 0 fully saturated rings. The van der Waals surface area contributed by atoms with E-state index in [1.165, 1.54) is 0 Å². The Hall–Kier alpha value is -3.27. The van der Waals surface area contributed by atoms with Gasteiger partial charge in [0.05, 0.1) is 5.56 Å². The maximum Gasteiger partial charge on any atom is 0.574 e. The highest BCUT2D eigenvalue weighted by Crippen LogP contribution is 2.20. The van der Waals surface area contributed by atoms with Gasteiger partial charge in [-0.25, -0.2) is 4.98 Å². The van der Waals surface area contributed by atoms with Gasteiger partial charge < -0.3 is 20.1 Å². The number of carbonyl (C=O) groups excluding carboxylic acids is 2. The number of nitrogens with zero attached hydrogens (tertiary/aromatic N) is 1. The highest BCUT2D eigenvalue weighted by Gasteiger charge is 2.31. The van der Waals surface area contributed by atoms with Gasteiger partial charge in [0.1, 0.15) is 5.75 Å². The second-order valence-corrected chi connectivity index (χ2v) is 6.27. The molecule has 1 aromatic carbocycles. The SMILES string of the molecule is C=C(CCNC(=O)COc1ccc(Cl)cc1)NC(=O)c1ccc(OC(F)(F)F)nc1. The molecule has 0 aliphatic carbocycles. The summed E-state index contributed by atoms with van der Waals surface area (Å²) in [6, 6.07) is 8.58. The first-order valence-electron chi connectivity index (χ1n) is 8.48. The van der Waals surface area contributed by atoms with Crippen LogP contribution in [0, 0.1) is 0 Å². The van der Waals surface area contributed by atoms with Crippen LogP contribution in [0.15, 0.2) is 54.9 Å². The van der Waals surface area contributed by atoms with E-state index in [1.807, 2.05) is 0 Å². The van der Waals surface area contributed by atoms with Crippen molar-refractivity contribution in [2.45, 2.75) is 12.8 Å². The molecule has 1 heterocycles. The number of halogens is 4. The molecule has 2 rings (SSSR count). The fourth-order valence-corrected chi connectivity index (χ4v) is 2.20. The minimum Gasteiger partial charge on any atom is -0.484 e. The second kappa shape index (κ2) is 10.5. The zero-order valence-electron chi connectivity index (χ0n) is 15.5. The third-order valence-electron chi connectivity index (χ3n) is 3.44. The molecular weight excluding hydrogens is 427 g/mol. The summed E-state index contributed by atoms with van der Waals surface area (Å²) in [6.45, 7) is 3.66. The van der Waals surface area contributed by atoms with Crippen LogP contribution in [0.25, 0.3) is 0 Å². The van der Waals surface area contributed by atoms with Gasteiger partial charge in [0, 0.05) is 35.9 Å². The van der Waals surface area contributed by atoms with Crippen molar-refractivity contribution in [1.29, 1.82) is 0 Å². The van der Waals surface area contributed by atoms with Crippen LogP contribution in [0.4, 0.5) is 13.2 Å². The highest BCUT2D eigenvalue weighted by atomic mass is 35.5. The molecule has 0 atom stereocenters. The van der Waals surface area contributed by atoms with Crippen LogP contribution in [0.1, 0.15) is 16.8 Å². The smallest absolute Gasteiger partial charge is 0.484 e. The number of rotatable bonds is 9. The molecule has 0 saturated heterocycles. The van der Waals surface area contributed by atoms with Crippen LogP contribution in [0.3, 0.4) is 0 Å². The third kappa shape index (κ3) is 8.39. The van der Waals surface area contributed by atoms with Gasteiger partial charge in [0.25, 0.3) is 11.8 Å². The molecule has 0 unspecified atom stereocenters. The molecule has 2 N–H and O–H groups in total. The number of hydrogen-bond donors (Lipinski definition) is 2. The van der Waals surface area contributed by atoms with Crippen LogP contribution < -0.4 is 20.1 Å². The number of nitrogens with one attached hydrogen (secondary N) is 2. The molecule has 0 bridgehead atoms. The van der Waals surface area contributed by atoms with E-state index >= 15 is 0 Å². The summed E-state index contributed by atoms with van der Waals surface area (Å²) >= 11 is 5.75. The summed E-state index contributed by atoms with van der Waals surface area (Å²) < 4.78 is 45.2. The van der Waals surface area contributed by atoms with Crippen molar-refractivity contribution in [3.8, 4) is 11.6 Å². The largest absolute Gasteiger partial charge is 0.574 e. The molecule has 0 aliphatic heterocycles. The van der Waals surface area contributed by atoms with E-state index in [0.717, 1.165) is 18.3 Å². The standard InChI is InChI=1S/C19H17ClF3N3O4/c1-12(8-9-24-16(27)11-29-15-5-3-14(20)4-6-15)26-18(28)13-2-7-17(25-10-13)30-19(21,22)23/h2-7,10H,1,8-9,11H2,(H,24,27)(H,26,28). The number of pyridine rings is 1. The van der Waals surface area contributed by atoms with Crippen molar-refractivity contribution >= 4 is 23.4 Å². The van der Waals surface area contributed by atoms with Gasteiger partial charge in [-0.15, -0.1) is 13.2 Å². The summed E-state index contributed by atoms with van der Waals surface area (Å²) in [5, 5.41) is 5.62. The van der Waals surface area contributed by atoms with Crippen molar-refractivity contribution in [1.82, 2.24) is 15.6 Å². The zero-order valence-corrected chi connectivity index (χ0v) is 16.2. The van der Waals surface area contributed by atoms with Gasteiger partial charge in [0.15, 0.2) is 6.61 Å². The second-order valence-electron chi connectivity index (χ2n) is 5.83. The number of ether oxygens (including phenoxy) is 2. The average Bonchev–Trinajstić information content (AvgIpc) is 2.67. The Balaban J connectivity index is 1.69. The van der Waals surface area contributed by atoms with Crippen LogP contribution in [0.5, 0.6) is 11.6 Å². The molecule has 2 aromatic rings. The molecule has 0 saturated carbocycles. The van der Waals surface area contributed by atoms with Crippen molar-refractivity contribution in [3.63, 3.8) is 0 Å². The topological polar surface area (TPSA) is 89.6 Å². The highest BCUT2D eigenvalue weighted by molar-refractivity contribution is 6.30. The zero-order chi connectivity index (χ0) is 22.1. The summed E-state index contributed by atoms with van der Waals surface area (Å²) in [6.07, 6.45) is -3.68. The number of carbonyl (C=O) groups is 2. The molecule has 7 nitrogen and oxygen atoms in total. The van der Waals surface area contributed by atoms with Crippen molar-refractivity contribution in [2.75, 3.05) is 13.2 Å². The Morgan fingerprint density at radius 2 is 1.83 bits per heavy atom. The minimum absolute atomic E-state index is 0.0195. The van der Waals surface area contributed by atoms with Crippen LogP contribution in [-0.4, -0.2) is 36.3 Å². The maximum atomic E-state index is 12.1. The summed E-state index contributed by atoms with van der Waals surface area (Å²) in [7, 11) is 0. The van der Waals surface area contributed by atoms with Gasteiger partial charge in [-0.2, -0.15) is 0 Å². The van der Waals surface area contributed by atoms with E-state index in [9.17, 15) is 22.8 Å². The fourth-order valence-electron chi connectivity index (χ4n) is 2.07. The summed E-state index contributed by atoms with van der Waals surface area (Å²) in [5.74, 6) is -1.16. The summed E-state index contributed by atoms with van der Waals surface area (Å²) in [4.78, 5) is 27.2. The van der Waals surface area contributed by atoms with Crippen molar-refractivity contribution in [2.24, 2.45) is 0 Å². The van der Waals surface area contributed by atoms with E-state index < -0.39 is 18.1 Å². The molecular formula is C19H17ClF3N3O4. The van der Waals surface area contributed by atoms with Crippen molar-refractivity contribution < 1.29 is 32.2 Å². The van der Waals surface area contributed by atoms with Gasteiger partial charge in [-0.05, 0) is 30.3 Å². The molecule has 2 amide bonds. The Bertz CT molecular complexity index is 887. The van der Waals surface area contributed by atoms with E-state index in [2.05, 4.69) is 26.9 Å². The lowest BCUT2D eigenvalue weighted by Gasteiger charge is -2.11. The van der Waals surface area contributed by atoms with Gasteiger partial charge >= 0.3 is 6.36 Å². The predicted octanol–water partition coefficient (Wildman–Crippen LogP) is 3.46. The Kier molecular flexibility index (Phi) is 8.05. The Labute approximate surface area is 174 Å². The monoisotopic (exact) mass is 443 g/mol. The maximum absolute atomic E-state index is 12.1. The van der Waals surface area contributed by atoms with E-state index in [4.69, 9.17) is 16.3 Å². The lowest BCUT2D eigenvalue weighted by molar-refractivity contribution is -0.276. The average molecular weight is 444 g/mol. The van der Waals surface area contributed by atoms with Crippen LogP contribution in [0.2, 0.25) is 5.02 Å². The number of benzene rings is 1. The van der Waals surface area contributed by atoms with E-state index in [1.54, 1.807) is 24.3 Å². The molecule has 160 valence electrons.